The minimum absolute atomic E-state index is 0.572. The van der Waals surface area contributed by atoms with Gasteiger partial charge in [0.2, 0.25) is 0 Å². The SMILES string of the molecule is c1ccc(-c2ccc(-c3nc(-c4ccccc4)nc(-c4cc(-c5ccc6ccc7cccnc7c6n5)cc(-n5c6ccccc6c6ccccc65)c4)n3)cc2)cc1. The van der Waals surface area contributed by atoms with E-state index in [4.69, 9.17) is 24.9 Å². The molecule has 0 bridgehead atoms. The molecule has 6 heteroatoms. The lowest BCUT2D eigenvalue weighted by Gasteiger charge is -2.14. The van der Waals surface area contributed by atoms with Crippen LogP contribution in [0.2, 0.25) is 0 Å². The first-order valence-corrected chi connectivity index (χ1v) is 19.0. The number of hydrogen-bond donors (Lipinski definition) is 0. The number of para-hydroxylation sites is 2. The third-order valence-electron chi connectivity index (χ3n) is 10.7. The van der Waals surface area contributed by atoms with Crippen molar-refractivity contribution < 1.29 is 0 Å². The fraction of sp³-hybridized carbons (Fsp3) is 0. The minimum Gasteiger partial charge on any atom is -0.309 e. The van der Waals surface area contributed by atoms with Gasteiger partial charge in [-0.05, 0) is 53.6 Å². The van der Waals surface area contributed by atoms with Gasteiger partial charge in [-0.3, -0.25) is 4.98 Å². The standard InChI is InChI=1S/C51H32N6/c1-3-12-33(13-4-1)34-21-25-38(26-22-34)50-54-49(37-14-5-2-6-15-37)55-51(56-50)40-30-39(44-28-27-36-24-23-35-16-11-29-52-47(35)48(36)53-44)31-41(32-40)57-45-19-9-7-17-42(45)43-18-8-10-20-46(43)57/h1-32H. The van der Waals surface area contributed by atoms with Crippen LogP contribution in [0.4, 0.5) is 0 Å². The third-order valence-corrected chi connectivity index (χ3v) is 10.7. The Labute approximate surface area is 328 Å². The maximum atomic E-state index is 5.29. The molecule has 0 radical (unpaired) electrons. The zero-order chi connectivity index (χ0) is 37.7. The van der Waals surface area contributed by atoms with E-state index in [-0.39, 0.29) is 0 Å². The Hall–Kier alpha value is -7.83. The monoisotopic (exact) mass is 728 g/mol. The van der Waals surface area contributed by atoms with E-state index in [1.165, 1.54) is 10.8 Å². The van der Waals surface area contributed by atoms with Crippen molar-refractivity contribution in [2.75, 3.05) is 0 Å². The van der Waals surface area contributed by atoms with Gasteiger partial charge in [0.25, 0.3) is 0 Å². The fourth-order valence-corrected chi connectivity index (χ4v) is 7.90. The largest absolute Gasteiger partial charge is 0.309 e. The number of aromatic nitrogens is 6. The summed E-state index contributed by atoms with van der Waals surface area (Å²) in [5.74, 6) is 1.78. The number of pyridine rings is 2. The molecule has 0 aliphatic heterocycles. The first kappa shape index (κ1) is 32.6. The van der Waals surface area contributed by atoms with Gasteiger partial charge in [0, 0.05) is 55.7 Å². The number of benzene rings is 7. The smallest absolute Gasteiger partial charge is 0.164 e. The molecule has 0 fully saturated rings. The lowest BCUT2D eigenvalue weighted by atomic mass is 10.0. The molecule has 4 aromatic heterocycles. The Morgan fingerprint density at radius 1 is 0.333 bits per heavy atom. The van der Waals surface area contributed by atoms with Crippen molar-refractivity contribution in [1.82, 2.24) is 29.5 Å². The van der Waals surface area contributed by atoms with E-state index in [2.05, 4.69) is 150 Å². The predicted octanol–water partition coefficient (Wildman–Crippen LogP) is 12.4. The van der Waals surface area contributed by atoms with Crippen molar-refractivity contribution in [3.8, 4) is 62.2 Å². The lowest BCUT2D eigenvalue weighted by molar-refractivity contribution is 1.07. The molecule has 0 N–H and O–H groups in total. The highest BCUT2D eigenvalue weighted by molar-refractivity contribution is 6.09. The molecule has 0 aliphatic carbocycles. The molecule has 4 heterocycles. The van der Waals surface area contributed by atoms with Crippen molar-refractivity contribution in [2.45, 2.75) is 0 Å². The maximum Gasteiger partial charge on any atom is 0.164 e. The third kappa shape index (κ3) is 5.79. The van der Waals surface area contributed by atoms with Crippen LogP contribution in [0.25, 0.3) is 106 Å². The van der Waals surface area contributed by atoms with E-state index in [1.807, 2.05) is 48.7 Å². The van der Waals surface area contributed by atoms with Gasteiger partial charge in [-0.25, -0.2) is 19.9 Å². The summed E-state index contributed by atoms with van der Waals surface area (Å²) in [4.78, 5) is 25.5. The maximum absolute atomic E-state index is 5.29. The molecule has 0 saturated carbocycles. The molecule has 7 aromatic carbocycles. The molecular formula is C51H32N6. The van der Waals surface area contributed by atoms with Crippen LogP contribution in [0.15, 0.2) is 194 Å². The molecule has 0 amide bonds. The van der Waals surface area contributed by atoms with Crippen LogP contribution in [-0.2, 0) is 0 Å². The summed E-state index contributed by atoms with van der Waals surface area (Å²) in [6, 6.07) is 65.1. The predicted molar refractivity (Wildman–Crippen MR) is 232 cm³/mol. The van der Waals surface area contributed by atoms with Crippen molar-refractivity contribution in [1.29, 1.82) is 0 Å². The highest BCUT2D eigenvalue weighted by Crippen LogP contribution is 2.37. The van der Waals surface area contributed by atoms with Gasteiger partial charge in [-0.1, -0.05) is 146 Å². The molecule has 0 atom stereocenters. The van der Waals surface area contributed by atoms with E-state index in [0.717, 1.165) is 77.6 Å². The van der Waals surface area contributed by atoms with E-state index < -0.39 is 0 Å². The zero-order valence-corrected chi connectivity index (χ0v) is 30.7. The van der Waals surface area contributed by atoms with Gasteiger partial charge in [0.15, 0.2) is 17.5 Å². The van der Waals surface area contributed by atoms with E-state index >= 15 is 0 Å². The number of nitrogens with zero attached hydrogens (tertiary/aromatic N) is 6. The number of rotatable bonds is 6. The van der Waals surface area contributed by atoms with E-state index in [9.17, 15) is 0 Å². The van der Waals surface area contributed by atoms with E-state index in [1.54, 1.807) is 0 Å². The molecule has 0 spiro atoms. The second-order valence-corrected chi connectivity index (χ2v) is 14.2. The first-order valence-electron chi connectivity index (χ1n) is 19.0. The molecule has 11 rings (SSSR count). The summed E-state index contributed by atoms with van der Waals surface area (Å²) in [6.07, 6.45) is 1.83. The van der Waals surface area contributed by atoms with Crippen LogP contribution >= 0.6 is 0 Å². The fourth-order valence-electron chi connectivity index (χ4n) is 7.90. The van der Waals surface area contributed by atoms with Crippen LogP contribution < -0.4 is 0 Å². The molecule has 6 nitrogen and oxygen atoms in total. The minimum atomic E-state index is 0.572. The first-order chi connectivity index (χ1) is 28.2. The average molecular weight is 729 g/mol. The van der Waals surface area contributed by atoms with Gasteiger partial charge >= 0.3 is 0 Å². The molecule has 57 heavy (non-hydrogen) atoms. The van der Waals surface area contributed by atoms with Gasteiger partial charge in [0.05, 0.1) is 27.8 Å². The van der Waals surface area contributed by atoms with Crippen molar-refractivity contribution in [3.63, 3.8) is 0 Å². The van der Waals surface area contributed by atoms with Crippen LogP contribution in [0.3, 0.4) is 0 Å². The van der Waals surface area contributed by atoms with E-state index in [0.29, 0.717) is 17.5 Å². The van der Waals surface area contributed by atoms with Gasteiger partial charge in [-0.15, -0.1) is 0 Å². The molecular weight excluding hydrogens is 697 g/mol. The Kier molecular flexibility index (Phi) is 7.71. The molecule has 11 aromatic rings. The Morgan fingerprint density at radius 3 is 1.53 bits per heavy atom. The quantitative estimate of drug-likeness (QED) is 0.159. The molecule has 0 saturated heterocycles. The molecule has 0 aliphatic rings. The summed E-state index contributed by atoms with van der Waals surface area (Å²) in [5.41, 5.74) is 11.7. The second kappa shape index (κ2) is 13.5. The van der Waals surface area contributed by atoms with Crippen LogP contribution in [0.5, 0.6) is 0 Å². The van der Waals surface area contributed by atoms with Crippen LogP contribution in [-0.4, -0.2) is 29.5 Å². The van der Waals surface area contributed by atoms with Crippen molar-refractivity contribution in [2.24, 2.45) is 0 Å². The zero-order valence-electron chi connectivity index (χ0n) is 30.7. The average Bonchev–Trinajstić information content (AvgIpc) is 3.63. The summed E-state index contributed by atoms with van der Waals surface area (Å²) in [7, 11) is 0. The topological polar surface area (TPSA) is 69.4 Å². The molecule has 0 unspecified atom stereocenters. The van der Waals surface area contributed by atoms with Crippen molar-refractivity contribution >= 4 is 43.6 Å². The normalized spacial score (nSPS) is 11.5. The van der Waals surface area contributed by atoms with Crippen LogP contribution in [0, 0.1) is 0 Å². The van der Waals surface area contributed by atoms with Gasteiger partial charge < -0.3 is 4.57 Å². The second-order valence-electron chi connectivity index (χ2n) is 14.2. The van der Waals surface area contributed by atoms with Gasteiger partial charge in [-0.2, -0.15) is 0 Å². The summed E-state index contributed by atoms with van der Waals surface area (Å²) < 4.78 is 2.33. The molecule has 266 valence electrons. The summed E-state index contributed by atoms with van der Waals surface area (Å²) in [5, 5.41) is 4.47. The van der Waals surface area contributed by atoms with Crippen molar-refractivity contribution in [3.05, 3.63) is 194 Å². The highest BCUT2D eigenvalue weighted by atomic mass is 15.0. The lowest BCUT2D eigenvalue weighted by Crippen LogP contribution is -2.02. The summed E-state index contributed by atoms with van der Waals surface area (Å²) >= 11 is 0. The summed E-state index contributed by atoms with van der Waals surface area (Å²) in [6.45, 7) is 0. The van der Waals surface area contributed by atoms with Gasteiger partial charge in [0.1, 0.15) is 0 Å². The Balaban J connectivity index is 1.16. The Bertz CT molecular complexity index is 3230. The Morgan fingerprint density at radius 2 is 0.842 bits per heavy atom. The number of fused-ring (bicyclic) bond motifs is 6. The highest BCUT2D eigenvalue weighted by Gasteiger charge is 2.18. The number of hydrogen-bond acceptors (Lipinski definition) is 5. The van der Waals surface area contributed by atoms with Crippen LogP contribution in [0.1, 0.15) is 0 Å².